The van der Waals surface area contributed by atoms with Crippen LogP contribution in [0.1, 0.15) is 74.5 Å². The summed E-state index contributed by atoms with van der Waals surface area (Å²) in [5.74, 6) is -6.58. The van der Waals surface area contributed by atoms with Crippen molar-refractivity contribution >= 4 is 17.5 Å². The van der Waals surface area contributed by atoms with Crippen LogP contribution in [0.25, 0.3) is 0 Å². The zero-order valence-corrected chi connectivity index (χ0v) is 25.2. The van der Waals surface area contributed by atoms with Gasteiger partial charge >= 0.3 is 18.1 Å². The van der Waals surface area contributed by atoms with Crippen LogP contribution < -0.4 is 10.6 Å². The number of anilines is 1. The van der Waals surface area contributed by atoms with Gasteiger partial charge in [-0.3, -0.25) is 4.79 Å². The lowest BCUT2D eigenvalue weighted by Crippen LogP contribution is -2.65. The van der Waals surface area contributed by atoms with E-state index in [4.69, 9.17) is 0 Å². The molecular weight excluding hydrogens is 591 g/mol. The molecule has 45 heavy (non-hydrogen) atoms. The summed E-state index contributed by atoms with van der Waals surface area (Å²) < 4.78 is 71.7. The highest BCUT2D eigenvalue weighted by atomic mass is 19.4. The van der Waals surface area contributed by atoms with Crippen LogP contribution in [0.5, 0.6) is 0 Å². The number of allylic oxidation sites excluding steroid dienone is 4. The molecule has 4 aliphatic carbocycles. The summed E-state index contributed by atoms with van der Waals surface area (Å²) in [4.78, 5) is 24.7. The molecule has 240 valence electrons. The van der Waals surface area contributed by atoms with Crippen molar-refractivity contribution in [2.75, 3.05) is 5.32 Å². The third-order valence-electron chi connectivity index (χ3n) is 10.9. The van der Waals surface area contributed by atoms with Crippen molar-refractivity contribution in [3.8, 4) is 0 Å². The molecule has 2 fully saturated rings. The van der Waals surface area contributed by atoms with E-state index < -0.39 is 41.4 Å². The van der Waals surface area contributed by atoms with Gasteiger partial charge in [0.15, 0.2) is 5.78 Å². The minimum absolute atomic E-state index is 0.0355. The van der Waals surface area contributed by atoms with Crippen molar-refractivity contribution in [2.24, 2.45) is 17.3 Å². The number of ketones is 1. The van der Waals surface area contributed by atoms with Crippen LogP contribution in [0.3, 0.4) is 0 Å². The van der Waals surface area contributed by atoms with Crippen LogP contribution in [0.15, 0.2) is 71.3 Å². The highest BCUT2D eigenvalue weighted by Gasteiger charge is 2.79. The van der Waals surface area contributed by atoms with E-state index in [1.54, 1.807) is 18.2 Å². The highest BCUT2D eigenvalue weighted by Crippen LogP contribution is 2.70. The Kier molecular flexibility index (Phi) is 7.74. The fraction of sp³-hybridized carbons (Fsp3) is 0.486. The fourth-order valence-corrected chi connectivity index (χ4v) is 8.58. The Morgan fingerprint density at radius 3 is 2.33 bits per heavy atom. The zero-order valence-electron chi connectivity index (χ0n) is 25.2. The molecule has 0 aliphatic heterocycles. The number of halogens is 5. The summed E-state index contributed by atoms with van der Waals surface area (Å²) in [7, 11) is 0. The zero-order chi connectivity index (χ0) is 32.4. The number of urea groups is 1. The molecule has 2 saturated carbocycles. The lowest BCUT2D eigenvalue weighted by molar-refractivity contribution is -0.362. The Hall–Kier alpha value is -3.53. The summed E-state index contributed by atoms with van der Waals surface area (Å²) >= 11 is 0. The van der Waals surface area contributed by atoms with Crippen LogP contribution in [0.2, 0.25) is 0 Å². The quantitative estimate of drug-likeness (QED) is 0.293. The number of rotatable bonds is 5. The Morgan fingerprint density at radius 2 is 1.67 bits per heavy atom. The van der Waals surface area contributed by atoms with Gasteiger partial charge in [0.2, 0.25) is 0 Å². The number of fused-ring (bicyclic) bond motifs is 4. The second-order valence-electron chi connectivity index (χ2n) is 13.4. The van der Waals surface area contributed by atoms with Crippen LogP contribution >= 0.6 is 0 Å². The standard InChI is InChI=1S/C35H37F5N2O3/c1-20-3-10-24(11-4-20)42-31(44)41-19-21-5-7-22(8-6-21)28-18-32(2)29(15-16-33(32,45)34(36,37)35(38,39)40)27-13-9-23-17-25(43)12-14-26(23)30(27)28/h3-8,10-11,17,27-29,45H,9,12-16,18-19H2,1-2H3,(H2,41,42,44)/t27-,28+,29-,32-,33-/m0/s1. The number of aliphatic hydroxyl groups is 1. The molecule has 0 radical (unpaired) electrons. The molecule has 0 aromatic heterocycles. The van der Waals surface area contributed by atoms with Crippen LogP contribution in [0.4, 0.5) is 32.4 Å². The molecule has 4 aliphatic rings. The first-order valence-electron chi connectivity index (χ1n) is 15.5. The maximum Gasteiger partial charge on any atom is 0.456 e. The molecule has 0 saturated heterocycles. The molecule has 6 rings (SSSR count). The monoisotopic (exact) mass is 628 g/mol. The van der Waals surface area contributed by atoms with Gasteiger partial charge in [-0.15, -0.1) is 0 Å². The second kappa shape index (κ2) is 11.1. The van der Waals surface area contributed by atoms with E-state index in [0.717, 1.165) is 33.4 Å². The van der Waals surface area contributed by atoms with Gasteiger partial charge < -0.3 is 15.7 Å². The third kappa shape index (κ3) is 5.19. The summed E-state index contributed by atoms with van der Waals surface area (Å²) in [6, 6.07) is 14.3. The van der Waals surface area contributed by atoms with Crippen molar-refractivity contribution < 1.29 is 36.6 Å². The van der Waals surface area contributed by atoms with Crippen LogP contribution in [-0.2, 0) is 11.3 Å². The minimum Gasteiger partial charge on any atom is -0.383 e. The fourth-order valence-electron chi connectivity index (χ4n) is 8.58. The Morgan fingerprint density at radius 1 is 0.978 bits per heavy atom. The summed E-state index contributed by atoms with van der Waals surface area (Å²) in [6.07, 6.45) is -2.95. The van der Waals surface area contributed by atoms with Gasteiger partial charge in [-0.1, -0.05) is 54.5 Å². The van der Waals surface area contributed by atoms with Crippen molar-refractivity contribution in [1.82, 2.24) is 5.32 Å². The normalized spacial score (nSPS) is 29.8. The van der Waals surface area contributed by atoms with Gasteiger partial charge in [0.1, 0.15) is 5.60 Å². The lowest BCUT2D eigenvalue weighted by atomic mass is 9.50. The first-order chi connectivity index (χ1) is 21.1. The molecule has 0 heterocycles. The van der Waals surface area contributed by atoms with Crippen molar-refractivity contribution in [1.29, 1.82) is 0 Å². The maximum absolute atomic E-state index is 15.2. The predicted octanol–water partition coefficient (Wildman–Crippen LogP) is 8.14. The number of carbonyl (C=O) groups excluding carboxylic acids is 2. The molecule has 2 aromatic rings. The van der Waals surface area contributed by atoms with E-state index in [1.165, 1.54) is 6.92 Å². The molecule has 0 bridgehead atoms. The topological polar surface area (TPSA) is 78.4 Å². The molecule has 0 spiro atoms. The molecule has 5 nitrogen and oxygen atoms in total. The van der Waals surface area contributed by atoms with E-state index in [2.05, 4.69) is 10.6 Å². The summed E-state index contributed by atoms with van der Waals surface area (Å²) in [6.45, 7) is 3.58. The van der Waals surface area contributed by atoms with Crippen molar-refractivity contribution in [3.63, 3.8) is 0 Å². The molecule has 0 unspecified atom stereocenters. The van der Waals surface area contributed by atoms with Crippen LogP contribution in [-0.4, -0.2) is 34.6 Å². The van der Waals surface area contributed by atoms with Gasteiger partial charge in [-0.25, -0.2) is 4.79 Å². The van der Waals surface area contributed by atoms with E-state index in [-0.39, 0.29) is 37.1 Å². The first-order valence-corrected chi connectivity index (χ1v) is 15.5. The molecular formula is C35H37F5N2O3. The number of hydrogen-bond donors (Lipinski definition) is 3. The largest absolute Gasteiger partial charge is 0.456 e. The predicted molar refractivity (Wildman–Crippen MR) is 160 cm³/mol. The van der Waals surface area contributed by atoms with Gasteiger partial charge in [-0.05, 0) is 97.8 Å². The first kappa shape index (κ1) is 31.5. The van der Waals surface area contributed by atoms with Gasteiger partial charge in [0.05, 0.1) is 0 Å². The minimum atomic E-state index is -5.89. The lowest BCUT2D eigenvalue weighted by Gasteiger charge is -2.56. The molecule has 2 amide bonds. The summed E-state index contributed by atoms with van der Waals surface area (Å²) in [5, 5.41) is 17.0. The van der Waals surface area contributed by atoms with Gasteiger partial charge in [-0.2, -0.15) is 22.0 Å². The Labute approximate surface area is 259 Å². The molecule has 2 aromatic carbocycles. The number of amides is 2. The van der Waals surface area contributed by atoms with E-state index in [1.807, 2.05) is 43.3 Å². The van der Waals surface area contributed by atoms with E-state index >= 15 is 8.78 Å². The van der Waals surface area contributed by atoms with Gasteiger partial charge in [0, 0.05) is 30.0 Å². The van der Waals surface area contributed by atoms with Crippen molar-refractivity contribution in [3.05, 3.63) is 88.0 Å². The van der Waals surface area contributed by atoms with Crippen molar-refractivity contribution in [2.45, 2.75) is 89.0 Å². The highest BCUT2D eigenvalue weighted by molar-refractivity contribution is 5.93. The third-order valence-corrected chi connectivity index (χ3v) is 10.9. The molecule has 5 atom stereocenters. The average Bonchev–Trinajstić information content (AvgIpc) is 3.27. The summed E-state index contributed by atoms with van der Waals surface area (Å²) in [5.41, 5.74) is 1.26. The van der Waals surface area contributed by atoms with Crippen LogP contribution in [0, 0.1) is 24.2 Å². The van der Waals surface area contributed by atoms with E-state index in [0.29, 0.717) is 31.4 Å². The Bertz CT molecular complexity index is 1560. The maximum atomic E-state index is 15.2. The number of aryl methyl sites for hydroxylation is 1. The number of benzene rings is 2. The second-order valence-corrected chi connectivity index (χ2v) is 13.4. The number of hydrogen-bond acceptors (Lipinski definition) is 3. The number of carbonyl (C=O) groups is 2. The van der Waals surface area contributed by atoms with E-state index in [9.17, 15) is 27.9 Å². The smallest absolute Gasteiger partial charge is 0.383 e. The van der Waals surface area contributed by atoms with Gasteiger partial charge in [0.25, 0.3) is 0 Å². The Balaban J connectivity index is 1.31. The number of nitrogens with one attached hydrogen (secondary N) is 2. The number of alkyl halides is 5. The molecule has 10 heteroatoms. The molecule has 3 N–H and O–H groups in total. The SMILES string of the molecule is Cc1ccc(NC(=O)NCc2ccc([C@H]3C[C@@]4(C)[C@@H](CC[C@@]4(O)C(F)(F)C(F)(F)F)[C@@H]4CCC5=CC(=O)CCC5=C43)cc2)cc1. The average molecular weight is 629 g/mol.